The Morgan fingerprint density at radius 1 is 0.157 bits per heavy atom. The van der Waals surface area contributed by atoms with Gasteiger partial charge in [-0.05, 0) is 127 Å². The van der Waals surface area contributed by atoms with Gasteiger partial charge in [0.15, 0.2) is 0 Å². The van der Waals surface area contributed by atoms with Gasteiger partial charge in [0.2, 0.25) is 17.8 Å². The van der Waals surface area contributed by atoms with E-state index in [1.807, 2.05) is 24.3 Å². The van der Waals surface area contributed by atoms with Crippen LogP contribution in [0.1, 0.15) is 0 Å². The van der Waals surface area contributed by atoms with E-state index in [0.29, 0.717) is 17.8 Å². The minimum Gasteiger partial charge on any atom is -0.278 e. The van der Waals surface area contributed by atoms with Crippen molar-refractivity contribution in [3.63, 3.8) is 0 Å². The summed E-state index contributed by atoms with van der Waals surface area (Å²) < 4.78 is 6.60. The van der Waals surface area contributed by atoms with E-state index in [1.54, 1.807) is 0 Å². The van der Waals surface area contributed by atoms with Gasteiger partial charge in [0.25, 0.3) is 0 Å². The van der Waals surface area contributed by atoms with Gasteiger partial charge in [0, 0.05) is 70.6 Å². The van der Waals surface area contributed by atoms with Gasteiger partial charge in [-0.3, -0.25) is 13.7 Å². The SMILES string of the molecule is c1ccc(-c2nc(-n3c4ccccc4c4cc(-c5cccc6ccccc56)ccc43)nc3ccccc23)cc1.c1ccc2c(-c3ccc(-c4nc(-n5c6ccccc6c6ccccc65)nc5ccccc45)cc3)cccc2c1.c1ccc2cc(-c3nc(-n4c5ccccc5c5ccccc54)nc4c3ccc3ccccc34)ccc2c1. The van der Waals surface area contributed by atoms with Gasteiger partial charge < -0.3 is 0 Å². The van der Waals surface area contributed by atoms with Crippen LogP contribution in [0.4, 0.5) is 0 Å². The molecule has 0 fully saturated rings. The van der Waals surface area contributed by atoms with Gasteiger partial charge in [0.1, 0.15) is 0 Å². The Bertz CT molecular complexity index is 7880. The van der Waals surface area contributed by atoms with Crippen LogP contribution < -0.4 is 0 Å². The average Bonchev–Trinajstić information content (AvgIpc) is 1.40. The van der Waals surface area contributed by atoms with E-state index in [9.17, 15) is 0 Å². The fourth-order valence-electron chi connectivity index (χ4n) is 17.3. The maximum absolute atomic E-state index is 5.28. The zero-order valence-corrected chi connectivity index (χ0v) is 62.2. The number of para-hydroxylation sites is 7. The highest BCUT2D eigenvalue weighted by Gasteiger charge is 2.23. The minimum absolute atomic E-state index is 0.677. The fourth-order valence-corrected chi connectivity index (χ4v) is 17.3. The van der Waals surface area contributed by atoms with E-state index >= 15 is 0 Å². The van der Waals surface area contributed by atoms with Crippen LogP contribution in [0.5, 0.6) is 0 Å². The summed E-state index contributed by atoms with van der Waals surface area (Å²) in [7, 11) is 0. The van der Waals surface area contributed by atoms with Crippen LogP contribution in [0.3, 0.4) is 0 Å². The number of rotatable bonds is 8. The molecule has 0 aliphatic rings. The molecule has 0 spiro atoms. The van der Waals surface area contributed by atoms with Crippen molar-refractivity contribution in [2.24, 2.45) is 0 Å². The summed E-state index contributed by atoms with van der Waals surface area (Å²) in [5.41, 5.74) is 20.3. The first kappa shape index (κ1) is 66.4. The van der Waals surface area contributed by atoms with Crippen LogP contribution in [-0.2, 0) is 0 Å². The van der Waals surface area contributed by atoms with Gasteiger partial charge >= 0.3 is 0 Å². The molecule has 0 N–H and O–H groups in total. The zero-order valence-electron chi connectivity index (χ0n) is 62.2. The second-order valence-corrected chi connectivity index (χ2v) is 29.2. The summed E-state index contributed by atoms with van der Waals surface area (Å²) in [6.07, 6.45) is 0. The highest BCUT2D eigenvalue weighted by molar-refractivity contribution is 6.15. The molecule has 0 aliphatic carbocycles. The summed E-state index contributed by atoms with van der Waals surface area (Å²) in [5, 5.41) is 20.1. The number of nitrogens with zero attached hydrogens (tertiary/aromatic N) is 9. The van der Waals surface area contributed by atoms with Gasteiger partial charge in [-0.15, -0.1) is 0 Å². The molecule has 6 aromatic heterocycles. The topological polar surface area (TPSA) is 92.1 Å². The molecule has 24 aromatic rings. The summed E-state index contributed by atoms with van der Waals surface area (Å²) >= 11 is 0. The molecule has 0 bridgehead atoms. The van der Waals surface area contributed by atoms with E-state index < -0.39 is 0 Å². The van der Waals surface area contributed by atoms with Gasteiger partial charge in [-0.2, -0.15) is 0 Å². The third kappa shape index (κ3) is 11.5. The van der Waals surface area contributed by atoms with Crippen molar-refractivity contribution in [3.05, 3.63) is 406 Å². The molecule has 0 saturated carbocycles. The van der Waals surface area contributed by atoms with Gasteiger partial charge in [-0.1, -0.05) is 340 Å². The lowest BCUT2D eigenvalue weighted by Gasteiger charge is -2.13. The predicted octanol–water partition coefficient (Wildman–Crippen LogP) is 27.1. The molecule has 0 radical (unpaired) electrons. The van der Waals surface area contributed by atoms with Crippen molar-refractivity contribution in [2.75, 3.05) is 0 Å². The standard InChI is InChI=1S/2C36H23N3.C34H21N3/c1-2-12-27-24(10-1)11-9-16-28(27)25-20-22-26(23-21-25)35-31-15-3-6-17-32(31)37-36(38-35)39-33-18-7-4-13-29(33)30-14-5-8-19-34(30)39;1-2-12-25(13-3-1)35-30-17-6-8-19-32(30)37-36(38-35)39-33-20-9-7-16-29(33)31-23-26(21-22-34(31)39)28-18-10-14-24-11-4-5-15-27(24)28;1-2-11-24-21-25(18-17-22(24)9-1)32-29-20-19-23-10-3-4-12-26(23)33(29)36-34(35-32)37-30-15-7-5-13-27(30)28-14-6-8-16-31(28)37/h2*1-23H;1-21H. The van der Waals surface area contributed by atoms with Crippen LogP contribution in [0.25, 0.3) is 215 Å². The zero-order chi connectivity index (χ0) is 75.9. The number of fused-ring (bicyclic) bond motifs is 17. The van der Waals surface area contributed by atoms with E-state index in [2.05, 4.69) is 396 Å². The van der Waals surface area contributed by atoms with E-state index in [1.165, 1.54) is 92.3 Å². The maximum Gasteiger partial charge on any atom is 0.235 e. The lowest BCUT2D eigenvalue weighted by atomic mass is 9.96. The molecule has 24 rings (SSSR count). The third-order valence-electron chi connectivity index (χ3n) is 22.6. The van der Waals surface area contributed by atoms with Crippen molar-refractivity contribution in [1.82, 2.24) is 43.6 Å². The van der Waals surface area contributed by atoms with Crippen molar-refractivity contribution < 1.29 is 0 Å². The molecule has 0 saturated heterocycles. The van der Waals surface area contributed by atoms with Crippen LogP contribution in [0.15, 0.2) is 406 Å². The fraction of sp³-hybridized carbons (Fsp3) is 0. The Balaban J connectivity index is 0.000000105. The Labute approximate surface area is 660 Å². The first-order chi connectivity index (χ1) is 57.0. The third-order valence-corrected chi connectivity index (χ3v) is 22.6. The molecule has 9 nitrogen and oxygen atoms in total. The Kier molecular flexibility index (Phi) is 16.0. The molecule has 115 heavy (non-hydrogen) atoms. The van der Waals surface area contributed by atoms with Crippen molar-refractivity contribution in [3.8, 4) is 73.9 Å². The Morgan fingerprint density at radius 2 is 0.487 bits per heavy atom. The molecule has 0 amide bonds. The number of hydrogen-bond donors (Lipinski definition) is 0. The normalized spacial score (nSPS) is 11.7. The minimum atomic E-state index is 0.677. The van der Waals surface area contributed by atoms with Crippen molar-refractivity contribution in [2.45, 2.75) is 0 Å². The first-order valence-corrected chi connectivity index (χ1v) is 38.9. The van der Waals surface area contributed by atoms with Gasteiger partial charge in [-0.25, -0.2) is 29.9 Å². The molecular formula is C106H67N9. The number of aromatic nitrogens is 9. The molecule has 6 heterocycles. The monoisotopic (exact) mass is 1470 g/mol. The lowest BCUT2D eigenvalue weighted by Crippen LogP contribution is -2.03. The summed E-state index contributed by atoms with van der Waals surface area (Å²) in [4.78, 5) is 31.1. The quantitative estimate of drug-likeness (QED) is 0.141. The highest BCUT2D eigenvalue weighted by Crippen LogP contribution is 2.42. The highest BCUT2D eigenvalue weighted by atomic mass is 15.2. The van der Waals surface area contributed by atoms with Crippen LogP contribution in [0.2, 0.25) is 0 Å². The molecule has 18 aromatic carbocycles. The smallest absolute Gasteiger partial charge is 0.235 e. The van der Waals surface area contributed by atoms with E-state index in [0.717, 1.165) is 105 Å². The number of hydrogen-bond acceptors (Lipinski definition) is 6. The van der Waals surface area contributed by atoms with Crippen LogP contribution in [0, 0.1) is 0 Å². The second-order valence-electron chi connectivity index (χ2n) is 29.2. The molecule has 536 valence electrons. The largest absolute Gasteiger partial charge is 0.278 e. The van der Waals surface area contributed by atoms with Crippen molar-refractivity contribution >= 4 is 141 Å². The average molecular weight is 1470 g/mol. The Hall–Kier alpha value is -15.6. The summed E-state index contributed by atoms with van der Waals surface area (Å²) in [5.74, 6) is 2.04. The van der Waals surface area contributed by atoms with Crippen molar-refractivity contribution in [1.29, 1.82) is 0 Å². The van der Waals surface area contributed by atoms with Crippen LogP contribution >= 0.6 is 0 Å². The molecule has 9 heteroatoms. The Morgan fingerprint density at radius 3 is 1.00 bits per heavy atom. The van der Waals surface area contributed by atoms with E-state index in [-0.39, 0.29) is 0 Å². The first-order valence-electron chi connectivity index (χ1n) is 38.9. The summed E-state index contributed by atoms with van der Waals surface area (Å²) in [6, 6.07) is 143. The summed E-state index contributed by atoms with van der Waals surface area (Å²) in [6.45, 7) is 0. The lowest BCUT2D eigenvalue weighted by molar-refractivity contribution is 1.01. The second kappa shape index (κ2) is 27.8. The predicted molar refractivity (Wildman–Crippen MR) is 479 cm³/mol. The van der Waals surface area contributed by atoms with E-state index in [4.69, 9.17) is 29.9 Å². The molecule has 0 aliphatic heterocycles. The molecular weight excluding hydrogens is 1400 g/mol. The molecule has 0 atom stereocenters. The maximum atomic E-state index is 5.28. The van der Waals surface area contributed by atoms with Gasteiger partial charge in [0.05, 0.1) is 66.7 Å². The molecule has 0 unspecified atom stereocenters. The number of benzene rings is 18. The van der Waals surface area contributed by atoms with Crippen LogP contribution in [-0.4, -0.2) is 43.6 Å².